The van der Waals surface area contributed by atoms with Crippen LogP contribution in [0.25, 0.3) is 22.1 Å². The highest BCUT2D eigenvalue weighted by Gasteiger charge is 2.11. The lowest BCUT2D eigenvalue weighted by Gasteiger charge is -2.11. The van der Waals surface area contributed by atoms with Crippen LogP contribution in [0.15, 0.2) is 71.5 Å². The lowest BCUT2D eigenvalue weighted by atomic mass is 10.2. The maximum atomic E-state index is 13.1. The fourth-order valence-electron chi connectivity index (χ4n) is 3.46. The van der Waals surface area contributed by atoms with Crippen LogP contribution in [-0.4, -0.2) is 22.6 Å². The summed E-state index contributed by atoms with van der Waals surface area (Å²) in [7, 11) is 0. The zero-order valence-corrected chi connectivity index (χ0v) is 18.8. The molecule has 0 spiro atoms. The molecule has 0 saturated carbocycles. The number of hydrogen-bond donors (Lipinski definition) is 0. The summed E-state index contributed by atoms with van der Waals surface area (Å²) in [5.41, 5.74) is 3.43. The van der Waals surface area contributed by atoms with Crippen molar-refractivity contribution in [2.45, 2.75) is 6.92 Å². The zero-order valence-electron chi connectivity index (χ0n) is 17.2. The van der Waals surface area contributed by atoms with Gasteiger partial charge in [0.25, 0.3) is 5.56 Å². The predicted molar refractivity (Wildman–Crippen MR) is 129 cm³/mol. The minimum absolute atomic E-state index is 0.104. The molecule has 5 rings (SSSR count). The van der Waals surface area contributed by atoms with E-state index in [1.54, 1.807) is 28.7 Å². The first kappa shape index (κ1) is 20.5. The molecule has 0 saturated heterocycles. The van der Waals surface area contributed by atoms with Crippen molar-refractivity contribution in [3.63, 3.8) is 0 Å². The molecule has 32 heavy (non-hydrogen) atoms. The molecule has 0 aliphatic carbocycles. The monoisotopic (exact) mass is 462 g/mol. The van der Waals surface area contributed by atoms with Gasteiger partial charge in [0.1, 0.15) is 24.7 Å². The number of ether oxygens (including phenoxy) is 2. The molecule has 0 bridgehead atoms. The van der Waals surface area contributed by atoms with E-state index in [1.807, 2.05) is 55.5 Å². The lowest BCUT2D eigenvalue weighted by molar-refractivity contribution is 0.217. The van der Waals surface area contributed by atoms with E-state index in [1.165, 1.54) is 16.9 Å². The molecule has 0 N–H and O–H groups in total. The van der Waals surface area contributed by atoms with Crippen molar-refractivity contribution in [3.8, 4) is 11.5 Å². The first-order valence-electron chi connectivity index (χ1n) is 10.1. The smallest absolute Gasteiger partial charge is 0.274 e. The number of imidazole rings is 1. The number of fused-ring (bicyclic) bond motifs is 3. The number of para-hydroxylation sites is 2. The topological polar surface area (TPSA) is 52.8 Å². The molecular weight excluding hydrogens is 444 g/mol. The van der Waals surface area contributed by atoms with Crippen LogP contribution in [0.4, 0.5) is 0 Å². The Morgan fingerprint density at radius 3 is 2.66 bits per heavy atom. The average Bonchev–Trinajstić information content (AvgIpc) is 3.30. The molecule has 5 nitrogen and oxygen atoms in total. The Morgan fingerprint density at radius 1 is 1.03 bits per heavy atom. The van der Waals surface area contributed by atoms with Crippen molar-refractivity contribution in [2.24, 2.45) is 0 Å². The predicted octanol–water partition coefficient (Wildman–Crippen LogP) is 4.88. The number of rotatable bonds is 6. The summed E-state index contributed by atoms with van der Waals surface area (Å²) < 4.78 is 13.9. The number of aryl methyl sites for hydroxylation is 1. The van der Waals surface area contributed by atoms with Crippen LogP contribution in [-0.2, 0) is 0 Å². The number of benzene rings is 3. The summed E-state index contributed by atoms with van der Waals surface area (Å²) in [5, 5.41) is 0.568. The molecule has 3 aromatic carbocycles. The molecule has 0 aliphatic rings. The molecule has 0 amide bonds. The Hall–Kier alpha value is -3.35. The van der Waals surface area contributed by atoms with Crippen LogP contribution < -0.4 is 19.6 Å². The van der Waals surface area contributed by atoms with E-state index in [-0.39, 0.29) is 5.56 Å². The van der Waals surface area contributed by atoms with E-state index in [0.29, 0.717) is 33.5 Å². The van der Waals surface area contributed by atoms with Gasteiger partial charge in [0.2, 0.25) is 0 Å². The van der Waals surface area contributed by atoms with Crippen molar-refractivity contribution in [3.05, 3.63) is 97.8 Å². The van der Waals surface area contributed by atoms with E-state index in [4.69, 9.17) is 21.1 Å². The second kappa shape index (κ2) is 8.65. The number of thiazole rings is 1. The fourth-order valence-corrected chi connectivity index (χ4v) is 4.62. The molecule has 0 atom stereocenters. The molecule has 0 unspecified atom stereocenters. The van der Waals surface area contributed by atoms with Crippen molar-refractivity contribution < 1.29 is 9.47 Å². The maximum Gasteiger partial charge on any atom is 0.274 e. The Morgan fingerprint density at radius 2 is 1.81 bits per heavy atom. The molecule has 5 aromatic rings. The molecule has 0 fully saturated rings. The van der Waals surface area contributed by atoms with Gasteiger partial charge in [-0.25, -0.2) is 9.38 Å². The summed E-state index contributed by atoms with van der Waals surface area (Å²) in [6.07, 6.45) is 1.80. The van der Waals surface area contributed by atoms with Gasteiger partial charge >= 0.3 is 0 Å². The van der Waals surface area contributed by atoms with Gasteiger partial charge in [-0.05, 0) is 55.5 Å². The third kappa shape index (κ3) is 4.07. The Balaban J connectivity index is 1.41. The normalized spacial score (nSPS) is 12.0. The van der Waals surface area contributed by atoms with Gasteiger partial charge in [-0.3, -0.25) is 4.79 Å². The minimum atomic E-state index is -0.104. The van der Waals surface area contributed by atoms with Crippen LogP contribution in [0.5, 0.6) is 11.5 Å². The van der Waals surface area contributed by atoms with Gasteiger partial charge in [-0.15, -0.1) is 0 Å². The average molecular weight is 463 g/mol. The molecule has 160 valence electrons. The second-order valence-corrected chi connectivity index (χ2v) is 8.77. The first-order chi connectivity index (χ1) is 15.6. The van der Waals surface area contributed by atoms with Crippen molar-refractivity contribution in [1.82, 2.24) is 9.38 Å². The summed E-state index contributed by atoms with van der Waals surface area (Å²) in [6, 6.07) is 20.8. The van der Waals surface area contributed by atoms with Crippen LogP contribution in [0, 0.1) is 6.92 Å². The van der Waals surface area contributed by atoms with Crippen molar-refractivity contribution in [1.29, 1.82) is 0 Å². The van der Waals surface area contributed by atoms with Gasteiger partial charge in [-0.2, -0.15) is 0 Å². The zero-order chi connectivity index (χ0) is 22.1. The first-order valence-corrected chi connectivity index (χ1v) is 11.3. The molecule has 2 aromatic heterocycles. The highest BCUT2D eigenvalue weighted by Crippen LogP contribution is 2.24. The highest BCUT2D eigenvalue weighted by molar-refractivity contribution is 7.15. The number of hydrogen-bond acceptors (Lipinski definition) is 5. The molecule has 0 radical (unpaired) electrons. The van der Waals surface area contributed by atoms with Crippen LogP contribution >= 0.6 is 22.9 Å². The van der Waals surface area contributed by atoms with Crippen molar-refractivity contribution in [2.75, 3.05) is 13.2 Å². The largest absolute Gasteiger partial charge is 0.490 e. The molecule has 2 heterocycles. The van der Waals surface area contributed by atoms with E-state index in [0.717, 1.165) is 22.3 Å². The molecule has 7 heteroatoms. The second-order valence-electron chi connectivity index (χ2n) is 7.33. The lowest BCUT2D eigenvalue weighted by Crippen LogP contribution is -2.22. The fraction of sp³-hybridized carbons (Fsp3) is 0.120. The minimum Gasteiger partial charge on any atom is -0.490 e. The van der Waals surface area contributed by atoms with Crippen LogP contribution in [0.2, 0.25) is 5.02 Å². The third-order valence-electron chi connectivity index (χ3n) is 5.03. The van der Waals surface area contributed by atoms with Gasteiger partial charge in [-0.1, -0.05) is 52.8 Å². The van der Waals surface area contributed by atoms with Crippen LogP contribution in [0.3, 0.4) is 0 Å². The SMILES string of the molecule is Cc1ccc(OCCOc2ccc(Cl)cc2C=c2sc3nc4ccccc4n3c2=O)cc1. The third-order valence-corrected chi connectivity index (χ3v) is 6.24. The van der Waals surface area contributed by atoms with E-state index >= 15 is 0 Å². The number of halogens is 1. The molecular formula is C25H19ClN2O3S. The number of nitrogens with zero attached hydrogens (tertiary/aromatic N) is 2. The Bertz CT molecular complexity index is 1520. The highest BCUT2D eigenvalue weighted by atomic mass is 35.5. The maximum absolute atomic E-state index is 13.1. The summed E-state index contributed by atoms with van der Waals surface area (Å²) in [5.74, 6) is 1.43. The Labute approximate surface area is 193 Å². The quantitative estimate of drug-likeness (QED) is 0.338. The summed E-state index contributed by atoms with van der Waals surface area (Å²) >= 11 is 7.57. The van der Waals surface area contributed by atoms with Crippen molar-refractivity contribution >= 4 is 45.0 Å². The number of aromatic nitrogens is 2. The van der Waals surface area contributed by atoms with Gasteiger partial charge in [0.15, 0.2) is 4.96 Å². The van der Waals surface area contributed by atoms with E-state index < -0.39 is 0 Å². The Kier molecular flexibility index (Phi) is 5.55. The van der Waals surface area contributed by atoms with E-state index in [2.05, 4.69) is 4.98 Å². The van der Waals surface area contributed by atoms with Gasteiger partial charge in [0.05, 0.1) is 15.6 Å². The summed E-state index contributed by atoms with van der Waals surface area (Å²) in [4.78, 5) is 18.3. The van der Waals surface area contributed by atoms with Gasteiger partial charge < -0.3 is 9.47 Å². The van der Waals surface area contributed by atoms with Gasteiger partial charge in [0, 0.05) is 10.6 Å². The van der Waals surface area contributed by atoms with Crippen LogP contribution in [0.1, 0.15) is 11.1 Å². The summed E-state index contributed by atoms with van der Waals surface area (Å²) in [6.45, 7) is 2.79. The van der Waals surface area contributed by atoms with E-state index in [9.17, 15) is 4.79 Å². The molecule has 0 aliphatic heterocycles. The standard InChI is InChI=1S/C25H19ClN2O3S/c1-16-6-9-19(10-7-16)30-12-13-31-22-11-8-18(26)14-17(22)15-23-24(29)28-21-5-3-2-4-20(21)27-25(28)32-23/h2-11,14-15H,12-13H2,1H3.